The largest absolute Gasteiger partial charge is 0.274 e. The lowest BCUT2D eigenvalue weighted by Crippen LogP contribution is -2.38. The molecule has 1 aromatic carbocycles. The van der Waals surface area contributed by atoms with Gasteiger partial charge in [-0.15, -0.1) is 0 Å². The quantitative estimate of drug-likeness (QED) is 0.590. The van der Waals surface area contributed by atoms with Gasteiger partial charge in [-0.25, -0.2) is 9.29 Å². The fraction of sp³-hybridized carbons (Fsp3) is 0.444. The van der Waals surface area contributed by atoms with Gasteiger partial charge in [-0.3, -0.25) is 9.59 Å². The minimum absolute atomic E-state index is 0.0970. The number of imide groups is 1. The summed E-state index contributed by atoms with van der Waals surface area (Å²) in [5.74, 6) is -1.43. The van der Waals surface area contributed by atoms with Gasteiger partial charge in [0.1, 0.15) is 5.82 Å². The lowest BCUT2D eigenvalue weighted by molar-refractivity contribution is -0.124. The number of halogens is 1. The molecule has 2 amide bonds. The minimum atomic E-state index is -0.518. The van der Waals surface area contributed by atoms with Crippen molar-refractivity contribution >= 4 is 17.5 Å². The Morgan fingerprint density at radius 1 is 1.18 bits per heavy atom. The summed E-state index contributed by atoms with van der Waals surface area (Å²) >= 11 is 0. The maximum absolute atomic E-state index is 14.1. The van der Waals surface area contributed by atoms with Gasteiger partial charge >= 0.3 is 0 Å². The van der Waals surface area contributed by atoms with E-state index in [-0.39, 0.29) is 46.1 Å². The number of carbonyl (C=O) groups excluding carboxylic acids is 2. The van der Waals surface area contributed by atoms with Crippen molar-refractivity contribution in [3.05, 3.63) is 42.2 Å². The molecule has 1 spiro atoms. The van der Waals surface area contributed by atoms with Gasteiger partial charge in [-0.2, -0.15) is 0 Å². The van der Waals surface area contributed by atoms with Crippen molar-refractivity contribution in [2.24, 2.45) is 28.6 Å². The van der Waals surface area contributed by atoms with Crippen LogP contribution in [-0.2, 0) is 9.59 Å². The van der Waals surface area contributed by atoms with Crippen molar-refractivity contribution in [3.8, 4) is 0 Å². The lowest BCUT2D eigenvalue weighted by atomic mass is 9.72. The summed E-state index contributed by atoms with van der Waals surface area (Å²) in [6, 6.07) is 6.03. The number of benzene rings is 1. The molecule has 0 N–H and O–H groups in total. The molecule has 1 heterocycles. The van der Waals surface area contributed by atoms with E-state index in [9.17, 15) is 14.0 Å². The molecule has 4 heteroatoms. The third-order valence-electron chi connectivity index (χ3n) is 6.63. The van der Waals surface area contributed by atoms with Gasteiger partial charge in [0.2, 0.25) is 11.8 Å². The molecule has 2 bridgehead atoms. The van der Waals surface area contributed by atoms with E-state index in [1.165, 1.54) is 12.1 Å². The molecule has 1 saturated heterocycles. The van der Waals surface area contributed by atoms with Crippen LogP contribution in [0.2, 0.25) is 0 Å². The van der Waals surface area contributed by atoms with Crippen LogP contribution in [0.15, 0.2) is 36.4 Å². The summed E-state index contributed by atoms with van der Waals surface area (Å²) in [4.78, 5) is 27.0. The molecule has 4 atom stereocenters. The first-order valence-corrected chi connectivity index (χ1v) is 7.83. The molecule has 0 radical (unpaired) electrons. The van der Waals surface area contributed by atoms with Crippen molar-refractivity contribution in [3.63, 3.8) is 0 Å². The van der Waals surface area contributed by atoms with Gasteiger partial charge in [0.25, 0.3) is 0 Å². The number of rotatable bonds is 1. The van der Waals surface area contributed by atoms with Crippen LogP contribution in [0.1, 0.15) is 19.8 Å². The maximum atomic E-state index is 14.1. The molecule has 1 aliphatic heterocycles. The van der Waals surface area contributed by atoms with Gasteiger partial charge in [0.05, 0.1) is 17.5 Å². The fourth-order valence-corrected chi connectivity index (χ4v) is 5.45. The zero-order valence-electron chi connectivity index (χ0n) is 12.3. The van der Waals surface area contributed by atoms with E-state index in [2.05, 4.69) is 19.1 Å². The van der Waals surface area contributed by atoms with Gasteiger partial charge < -0.3 is 0 Å². The molecule has 2 saturated carbocycles. The number of allylic oxidation sites excluding steroid dienone is 2. The van der Waals surface area contributed by atoms with Gasteiger partial charge in [0.15, 0.2) is 0 Å². The van der Waals surface area contributed by atoms with Crippen LogP contribution in [0.4, 0.5) is 10.1 Å². The van der Waals surface area contributed by atoms with Crippen LogP contribution < -0.4 is 4.90 Å². The van der Waals surface area contributed by atoms with Crippen molar-refractivity contribution in [1.29, 1.82) is 0 Å². The Labute approximate surface area is 127 Å². The maximum Gasteiger partial charge on any atom is 0.238 e. The number of amides is 2. The van der Waals surface area contributed by atoms with E-state index < -0.39 is 5.82 Å². The predicted octanol–water partition coefficient (Wildman–Crippen LogP) is 2.92. The third kappa shape index (κ3) is 1.10. The Kier molecular flexibility index (Phi) is 2.00. The number of fused-ring (bicyclic) bond motifs is 3. The van der Waals surface area contributed by atoms with E-state index in [0.29, 0.717) is 0 Å². The Morgan fingerprint density at radius 3 is 2.55 bits per heavy atom. The first-order chi connectivity index (χ1) is 10.5. The molecule has 112 valence electrons. The third-order valence-corrected chi connectivity index (χ3v) is 6.63. The van der Waals surface area contributed by atoms with Crippen LogP contribution in [0.25, 0.3) is 0 Å². The standard InChI is InChI=1S/C18H16FNO2/c1-17-7-6-10(18(17)8-9-18)13-14(17)16(22)20(15(13)21)12-5-3-2-4-11(12)19/h2-7,10,13-14H,8-9H2,1H3. The Morgan fingerprint density at radius 2 is 1.91 bits per heavy atom. The summed E-state index contributed by atoms with van der Waals surface area (Å²) in [6.45, 7) is 2.11. The molecule has 3 fully saturated rings. The second-order valence-corrected chi connectivity index (χ2v) is 7.29. The number of carbonyl (C=O) groups is 2. The second kappa shape index (κ2) is 3.50. The highest BCUT2D eigenvalue weighted by Gasteiger charge is 2.78. The van der Waals surface area contributed by atoms with E-state index in [4.69, 9.17) is 0 Å². The number of nitrogens with zero attached hydrogens (tertiary/aromatic N) is 1. The minimum Gasteiger partial charge on any atom is -0.274 e. The van der Waals surface area contributed by atoms with Crippen molar-refractivity contribution in [2.75, 3.05) is 4.90 Å². The van der Waals surface area contributed by atoms with Crippen molar-refractivity contribution in [1.82, 2.24) is 0 Å². The van der Waals surface area contributed by atoms with Gasteiger partial charge in [-0.05, 0) is 36.3 Å². The SMILES string of the molecule is CC12C=CC(C3C(=O)N(c4ccccc4F)C(=O)C31)C21CC1. The molecule has 4 unspecified atom stereocenters. The van der Waals surface area contributed by atoms with Crippen molar-refractivity contribution in [2.45, 2.75) is 19.8 Å². The molecular formula is C18H16FNO2. The topological polar surface area (TPSA) is 37.4 Å². The highest BCUT2D eigenvalue weighted by Crippen LogP contribution is 2.79. The molecule has 4 aliphatic rings. The Bertz CT molecular complexity index is 766. The highest BCUT2D eigenvalue weighted by molar-refractivity contribution is 6.23. The Hall–Kier alpha value is -1.97. The zero-order valence-corrected chi connectivity index (χ0v) is 12.3. The van der Waals surface area contributed by atoms with Crippen molar-refractivity contribution < 1.29 is 14.0 Å². The van der Waals surface area contributed by atoms with Crippen LogP contribution >= 0.6 is 0 Å². The molecule has 1 aromatic rings. The molecule has 3 nitrogen and oxygen atoms in total. The lowest BCUT2D eigenvalue weighted by Gasteiger charge is -2.31. The smallest absolute Gasteiger partial charge is 0.238 e. The van der Waals surface area contributed by atoms with Gasteiger partial charge in [0, 0.05) is 5.41 Å². The van der Waals surface area contributed by atoms with Crippen LogP contribution in [-0.4, -0.2) is 11.8 Å². The summed E-state index contributed by atoms with van der Waals surface area (Å²) in [6.07, 6.45) is 6.45. The second-order valence-electron chi connectivity index (χ2n) is 7.29. The highest BCUT2D eigenvalue weighted by atomic mass is 19.1. The molecule has 3 aliphatic carbocycles. The number of hydrogen-bond donors (Lipinski definition) is 0. The van der Waals surface area contributed by atoms with Crippen LogP contribution in [0.3, 0.4) is 0 Å². The van der Waals surface area contributed by atoms with Crippen LogP contribution in [0.5, 0.6) is 0 Å². The first kappa shape index (κ1) is 12.6. The molecular weight excluding hydrogens is 281 g/mol. The fourth-order valence-electron chi connectivity index (χ4n) is 5.45. The van der Waals surface area contributed by atoms with E-state index in [0.717, 1.165) is 17.7 Å². The zero-order chi connectivity index (χ0) is 15.3. The summed E-state index contributed by atoms with van der Waals surface area (Å²) in [7, 11) is 0. The monoisotopic (exact) mass is 297 g/mol. The van der Waals surface area contributed by atoms with E-state index in [1.54, 1.807) is 12.1 Å². The number of hydrogen-bond acceptors (Lipinski definition) is 2. The molecule has 22 heavy (non-hydrogen) atoms. The predicted molar refractivity (Wildman–Crippen MR) is 78.3 cm³/mol. The van der Waals surface area contributed by atoms with E-state index in [1.807, 2.05) is 0 Å². The van der Waals surface area contributed by atoms with Crippen LogP contribution in [0, 0.1) is 34.4 Å². The average Bonchev–Trinajstić information content (AvgIpc) is 3.15. The molecule has 5 rings (SSSR count). The van der Waals surface area contributed by atoms with E-state index >= 15 is 0 Å². The molecule has 0 aromatic heterocycles. The average molecular weight is 297 g/mol. The first-order valence-electron chi connectivity index (χ1n) is 7.83. The number of anilines is 1. The van der Waals surface area contributed by atoms with Gasteiger partial charge in [-0.1, -0.05) is 31.2 Å². The number of para-hydroxylation sites is 1. The summed E-state index contributed by atoms with van der Waals surface area (Å²) < 4.78 is 14.1. The Balaban J connectivity index is 1.64. The summed E-state index contributed by atoms with van der Waals surface area (Å²) in [5, 5.41) is 0. The normalized spacial score (nSPS) is 39.9. The summed E-state index contributed by atoms with van der Waals surface area (Å²) in [5.41, 5.74) is -0.0240.